The Kier molecular flexibility index (Phi) is 4.85. The van der Waals surface area contributed by atoms with Gasteiger partial charge in [0.25, 0.3) is 5.56 Å². The SMILES string of the molecule is CC(NC(=O)Cn1c(=O)[nH]c2ccc(F)cc2c1=O)c1ccc(F)cc1F. The number of nitrogens with zero attached hydrogens (tertiary/aromatic N) is 1. The molecule has 3 rings (SSSR count). The summed E-state index contributed by atoms with van der Waals surface area (Å²) in [6, 6.07) is 5.39. The molecule has 1 heterocycles. The van der Waals surface area contributed by atoms with Crippen molar-refractivity contribution in [2.75, 3.05) is 0 Å². The lowest BCUT2D eigenvalue weighted by Gasteiger charge is -2.15. The van der Waals surface area contributed by atoms with E-state index in [4.69, 9.17) is 0 Å². The second kappa shape index (κ2) is 7.10. The van der Waals surface area contributed by atoms with Crippen LogP contribution < -0.4 is 16.6 Å². The van der Waals surface area contributed by atoms with Crippen molar-refractivity contribution >= 4 is 16.8 Å². The first-order valence-corrected chi connectivity index (χ1v) is 7.93. The summed E-state index contributed by atoms with van der Waals surface area (Å²) in [5.41, 5.74) is -1.48. The molecule has 0 fully saturated rings. The molecular weight excluding hydrogens is 363 g/mol. The highest BCUT2D eigenvalue weighted by Crippen LogP contribution is 2.17. The van der Waals surface area contributed by atoms with E-state index in [2.05, 4.69) is 10.3 Å². The van der Waals surface area contributed by atoms with Crippen molar-refractivity contribution in [3.63, 3.8) is 0 Å². The molecule has 2 aromatic carbocycles. The molecular formula is C18H14F3N3O3. The third-order valence-corrected chi connectivity index (χ3v) is 4.05. The van der Waals surface area contributed by atoms with Crippen molar-refractivity contribution in [1.29, 1.82) is 0 Å². The maximum absolute atomic E-state index is 13.8. The molecule has 0 aliphatic carbocycles. The summed E-state index contributed by atoms with van der Waals surface area (Å²) in [6.07, 6.45) is 0. The topological polar surface area (TPSA) is 84.0 Å². The minimum absolute atomic E-state index is 0.0478. The van der Waals surface area contributed by atoms with E-state index in [0.29, 0.717) is 10.6 Å². The normalized spacial score (nSPS) is 12.1. The van der Waals surface area contributed by atoms with Crippen molar-refractivity contribution in [3.8, 4) is 0 Å². The Balaban J connectivity index is 1.85. The number of aromatic nitrogens is 2. The zero-order valence-electron chi connectivity index (χ0n) is 14.1. The molecule has 1 unspecified atom stereocenters. The van der Waals surface area contributed by atoms with E-state index in [0.717, 1.165) is 18.2 Å². The number of benzene rings is 2. The molecule has 27 heavy (non-hydrogen) atoms. The van der Waals surface area contributed by atoms with Crippen LogP contribution in [0.5, 0.6) is 0 Å². The van der Waals surface area contributed by atoms with Crippen molar-refractivity contribution in [2.45, 2.75) is 19.5 Å². The molecule has 0 spiro atoms. The summed E-state index contributed by atoms with van der Waals surface area (Å²) in [4.78, 5) is 39.0. The van der Waals surface area contributed by atoms with Gasteiger partial charge in [0.2, 0.25) is 5.91 Å². The first-order valence-electron chi connectivity index (χ1n) is 7.93. The molecule has 1 atom stereocenters. The number of H-pyrrole nitrogens is 1. The highest BCUT2D eigenvalue weighted by molar-refractivity contribution is 5.79. The van der Waals surface area contributed by atoms with Crippen molar-refractivity contribution in [1.82, 2.24) is 14.9 Å². The molecule has 1 amide bonds. The van der Waals surface area contributed by atoms with E-state index in [1.54, 1.807) is 0 Å². The van der Waals surface area contributed by atoms with E-state index in [1.165, 1.54) is 19.1 Å². The number of amides is 1. The largest absolute Gasteiger partial charge is 0.348 e. The zero-order chi connectivity index (χ0) is 19.7. The molecule has 9 heteroatoms. The van der Waals surface area contributed by atoms with E-state index in [1.807, 2.05) is 0 Å². The molecule has 0 radical (unpaired) electrons. The third kappa shape index (κ3) is 3.76. The van der Waals surface area contributed by atoms with Gasteiger partial charge in [-0.25, -0.2) is 18.0 Å². The Hall–Kier alpha value is -3.36. The maximum Gasteiger partial charge on any atom is 0.329 e. The fourth-order valence-corrected chi connectivity index (χ4v) is 2.73. The van der Waals surface area contributed by atoms with Gasteiger partial charge in [0.15, 0.2) is 0 Å². The third-order valence-electron chi connectivity index (χ3n) is 4.05. The number of hydrogen-bond acceptors (Lipinski definition) is 3. The first-order chi connectivity index (χ1) is 12.8. The van der Waals surface area contributed by atoms with Gasteiger partial charge in [-0.15, -0.1) is 0 Å². The zero-order valence-corrected chi connectivity index (χ0v) is 14.1. The quantitative estimate of drug-likeness (QED) is 0.729. The average Bonchev–Trinajstić information content (AvgIpc) is 2.59. The minimum Gasteiger partial charge on any atom is -0.348 e. The number of aromatic amines is 1. The molecule has 6 nitrogen and oxygen atoms in total. The Labute approximate surface area is 150 Å². The summed E-state index contributed by atoms with van der Waals surface area (Å²) in [7, 11) is 0. The fourth-order valence-electron chi connectivity index (χ4n) is 2.73. The molecule has 0 aliphatic heterocycles. The van der Waals surface area contributed by atoms with Crippen molar-refractivity contribution in [2.24, 2.45) is 0 Å². The molecule has 1 aromatic heterocycles. The number of fused-ring (bicyclic) bond motifs is 1. The Morgan fingerprint density at radius 2 is 1.78 bits per heavy atom. The number of hydrogen-bond donors (Lipinski definition) is 2. The minimum atomic E-state index is -0.838. The highest BCUT2D eigenvalue weighted by Gasteiger charge is 2.17. The summed E-state index contributed by atoms with van der Waals surface area (Å²) >= 11 is 0. The van der Waals surface area contributed by atoms with Crippen molar-refractivity contribution in [3.05, 3.63) is 80.3 Å². The second-order valence-corrected chi connectivity index (χ2v) is 5.97. The molecule has 0 saturated heterocycles. The van der Waals surface area contributed by atoms with Crippen LogP contribution in [0.25, 0.3) is 10.9 Å². The van der Waals surface area contributed by atoms with E-state index in [9.17, 15) is 27.6 Å². The van der Waals surface area contributed by atoms with Crippen LogP contribution in [0.2, 0.25) is 0 Å². The average molecular weight is 377 g/mol. The Bertz CT molecular complexity index is 1150. The lowest BCUT2D eigenvalue weighted by molar-refractivity contribution is -0.122. The van der Waals surface area contributed by atoms with Gasteiger partial charge in [0, 0.05) is 11.6 Å². The van der Waals surface area contributed by atoms with Gasteiger partial charge >= 0.3 is 5.69 Å². The Morgan fingerprint density at radius 1 is 1.11 bits per heavy atom. The van der Waals surface area contributed by atoms with Crippen LogP contribution in [0, 0.1) is 17.5 Å². The van der Waals surface area contributed by atoms with Crippen LogP contribution in [-0.4, -0.2) is 15.5 Å². The van der Waals surface area contributed by atoms with E-state index < -0.39 is 47.2 Å². The van der Waals surface area contributed by atoms with Gasteiger partial charge in [-0.3, -0.25) is 14.2 Å². The van der Waals surface area contributed by atoms with Crippen LogP contribution in [0.4, 0.5) is 13.2 Å². The maximum atomic E-state index is 13.8. The van der Waals surface area contributed by atoms with Gasteiger partial charge in [-0.1, -0.05) is 6.07 Å². The molecule has 140 valence electrons. The standard InChI is InChI=1S/C18H14F3N3O3/c1-9(12-4-2-11(20)7-14(12)21)22-16(25)8-24-17(26)13-6-10(19)3-5-15(13)23-18(24)27/h2-7,9H,8H2,1H3,(H,22,25)(H,23,27). The van der Waals surface area contributed by atoms with Crippen LogP contribution in [0.1, 0.15) is 18.5 Å². The van der Waals surface area contributed by atoms with E-state index in [-0.39, 0.29) is 16.5 Å². The van der Waals surface area contributed by atoms with Gasteiger partial charge < -0.3 is 10.3 Å². The fraction of sp³-hybridized carbons (Fsp3) is 0.167. The number of halogens is 3. The summed E-state index contributed by atoms with van der Waals surface area (Å²) in [6.45, 7) is 0.824. The van der Waals surface area contributed by atoms with Gasteiger partial charge in [-0.05, 0) is 31.2 Å². The lowest BCUT2D eigenvalue weighted by atomic mass is 10.1. The number of rotatable bonds is 4. The summed E-state index contributed by atoms with van der Waals surface area (Å²) in [5.74, 6) is -2.99. The lowest BCUT2D eigenvalue weighted by Crippen LogP contribution is -2.41. The highest BCUT2D eigenvalue weighted by atomic mass is 19.1. The predicted octanol–water partition coefficient (Wildman–Crippen LogP) is 1.98. The van der Waals surface area contributed by atoms with Crippen LogP contribution >= 0.6 is 0 Å². The summed E-state index contributed by atoms with van der Waals surface area (Å²) < 4.78 is 40.7. The predicted molar refractivity (Wildman–Crippen MR) is 91.7 cm³/mol. The van der Waals surface area contributed by atoms with Crippen LogP contribution in [0.3, 0.4) is 0 Å². The number of nitrogens with one attached hydrogen (secondary N) is 2. The van der Waals surface area contributed by atoms with E-state index >= 15 is 0 Å². The van der Waals surface area contributed by atoms with Gasteiger partial charge in [0.05, 0.1) is 16.9 Å². The Morgan fingerprint density at radius 3 is 2.48 bits per heavy atom. The second-order valence-electron chi connectivity index (χ2n) is 5.97. The van der Waals surface area contributed by atoms with Crippen LogP contribution in [0.15, 0.2) is 46.0 Å². The molecule has 0 aliphatic rings. The van der Waals surface area contributed by atoms with Crippen molar-refractivity contribution < 1.29 is 18.0 Å². The molecule has 0 saturated carbocycles. The number of carbonyl (C=O) groups is 1. The van der Waals surface area contributed by atoms with Crippen LogP contribution in [-0.2, 0) is 11.3 Å². The number of carbonyl (C=O) groups excluding carboxylic acids is 1. The molecule has 0 bridgehead atoms. The van der Waals surface area contributed by atoms with Gasteiger partial charge in [0.1, 0.15) is 24.0 Å². The summed E-state index contributed by atoms with van der Waals surface area (Å²) in [5, 5.41) is 2.35. The molecule has 2 N–H and O–H groups in total. The molecule has 3 aromatic rings. The van der Waals surface area contributed by atoms with Gasteiger partial charge in [-0.2, -0.15) is 0 Å². The first kappa shape index (κ1) is 18.4. The monoisotopic (exact) mass is 377 g/mol. The smallest absolute Gasteiger partial charge is 0.329 e.